The molecule has 0 atom stereocenters. The minimum atomic E-state index is -4.40. The van der Waals surface area contributed by atoms with Gasteiger partial charge in [0.25, 0.3) is 5.91 Å². The first-order chi connectivity index (χ1) is 12.3. The Kier molecular flexibility index (Phi) is 5.29. The van der Waals surface area contributed by atoms with E-state index in [0.717, 1.165) is 37.8 Å². The van der Waals surface area contributed by atoms with Crippen molar-refractivity contribution in [3.05, 3.63) is 47.3 Å². The minimum Gasteiger partial charge on any atom is -0.336 e. The summed E-state index contributed by atoms with van der Waals surface area (Å²) < 4.78 is 40.2. The maximum Gasteiger partial charge on any atom is 0.416 e. The molecule has 1 aliphatic rings. The number of rotatable bonds is 4. The molecule has 1 fully saturated rings. The third-order valence-corrected chi connectivity index (χ3v) is 4.70. The molecule has 1 saturated carbocycles. The van der Waals surface area contributed by atoms with Gasteiger partial charge in [-0.05, 0) is 30.5 Å². The van der Waals surface area contributed by atoms with E-state index in [4.69, 9.17) is 0 Å². The van der Waals surface area contributed by atoms with Gasteiger partial charge >= 0.3 is 6.18 Å². The van der Waals surface area contributed by atoms with Crippen LogP contribution in [0.1, 0.15) is 59.8 Å². The summed E-state index contributed by atoms with van der Waals surface area (Å²) in [6, 6.07) is 5.25. The number of amides is 1. The zero-order chi connectivity index (χ0) is 18.7. The average Bonchev–Trinajstić information content (AvgIpc) is 3.11. The first-order valence-corrected chi connectivity index (χ1v) is 8.68. The molecule has 5 nitrogen and oxygen atoms in total. The molecular formula is C18H21F3N4O. The zero-order valence-electron chi connectivity index (χ0n) is 14.5. The van der Waals surface area contributed by atoms with E-state index in [1.807, 2.05) is 0 Å². The highest BCUT2D eigenvalue weighted by molar-refractivity contribution is 5.91. The Hall–Kier alpha value is -2.38. The molecule has 1 aromatic heterocycles. The normalized spacial score (nSPS) is 15.8. The van der Waals surface area contributed by atoms with Crippen LogP contribution in [0.25, 0.3) is 0 Å². The van der Waals surface area contributed by atoms with E-state index >= 15 is 0 Å². The molecule has 1 aromatic carbocycles. The summed E-state index contributed by atoms with van der Waals surface area (Å²) in [6.07, 6.45) is 2.79. The summed E-state index contributed by atoms with van der Waals surface area (Å²) in [7, 11) is 1.54. The first kappa shape index (κ1) is 18.4. The van der Waals surface area contributed by atoms with Crippen molar-refractivity contribution < 1.29 is 18.0 Å². The topological polar surface area (TPSA) is 51.0 Å². The number of halogens is 3. The van der Waals surface area contributed by atoms with Gasteiger partial charge in [0.05, 0.1) is 17.8 Å². The van der Waals surface area contributed by atoms with Gasteiger partial charge in [-0.15, -0.1) is 5.10 Å². The van der Waals surface area contributed by atoms with Gasteiger partial charge in [-0.25, -0.2) is 4.68 Å². The van der Waals surface area contributed by atoms with Crippen LogP contribution in [0.2, 0.25) is 0 Å². The minimum absolute atomic E-state index is 0.0685. The Labute approximate surface area is 149 Å². The van der Waals surface area contributed by atoms with E-state index < -0.39 is 11.7 Å². The van der Waals surface area contributed by atoms with Gasteiger partial charge in [0, 0.05) is 13.6 Å². The number of alkyl halides is 3. The molecule has 0 saturated heterocycles. The number of benzene rings is 1. The molecule has 0 N–H and O–H groups in total. The van der Waals surface area contributed by atoms with Crippen molar-refractivity contribution in [3.8, 4) is 0 Å². The third-order valence-electron chi connectivity index (χ3n) is 4.70. The van der Waals surface area contributed by atoms with Crippen molar-refractivity contribution >= 4 is 5.91 Å². The highest BCUT2D eigenvalue weighted by Gasteiger charge is 2.30. The predicted octanol–water partition coefficient (Wildman–Crippen LogP) is 4.07. The Morgan fingerprint density at radius 2 is 2.00 bits per heavy atom. The molecule has 1 aliphatic carbocycles. The lowest BCUT2D eigenvalue weighted by Gasteiger charge is -2.21. The summed E-state index contributed by atoms with van der Waals surface area (Å²) in [5, 5.41) is 8.02. The van der Waals surface area contributed by atoms with Crippen LogP contribution in [0.5, 0.6) is 0 Å². The van der Waals surface area contributed by atoms with Crippen LogP contribution < -0.4 is 0 Å². The van der Waals surface area contributed by atoms with Gasteiger partial charge in [0.15, 0.2) is 5.69 Å². The summed E-state index contributed by atoms with van der Waals surface area (Å²) in [5.41, 5.74) is -0.0977. The molecule has 1 amide bonds. The second-order valence-corrected chi connectivity index (χ2v) is 6.73. The largest absolute Gasteiger partial charge is 0.416 e. The van der Waals surface area contributed by atoms with E-state index in [9.17, 15) is 18.0 Å². The second-order valence-electron chi connectivity index (χ2n) is 6.73. The highest BCUT2D eigenvalue weighted by Crippen LogP contribution is 2.30. The fourth-order valence-corrected chi connectivity index (χ4v) is 3.29. The molecule has 26 heavy (non-hydrogen) atoms. The SMILES string of the molecule is CN(Cc1cccc(C(F)(F)F)c1)C(=O)c1cn(C2CCCCC2)nn1. The van der Waals surface area contributed by atoms with Crippen molar-refractivity contribution in [2.24, 2.45) is 0 Å². The van der Waals surface area contributed by atoms with E-state index in [0.29, 0.717) is 5.56 Å². The van der Waals surface area contributed by atoms with Crippen molar-refractivity contribution in [2.75, 3.05) is 7.05 Å². The highest BCUT2D eigenvalue weighted by atomic mass is 19.4. The summed E-state index contributed by atoms with van der Waals surface area (Å²) >= 11 is 0. The van der Waals surface area contributed by atoms with Crippen molar-refractivity contribution in [1.82, 2.24) is 19.9 Å². The lowest BCUT2D eigenvalue weighted by molar-refractivity contribution is -0.137. The Bertz CT molecular complexity index is 766. The number of aromatic nitrogens is 3. The molecule has 140 valence electrons. The van der Waals surface area contributed by atoms with Crippen LogP contribution in [0.4, 0.5) is 13.2 Å². The Morgan fingerprint density at radius 3 is 2.69 bits per heavy atom. The van der Waals surface area contributed by atoms with Crippen LogP contribution in [0, 0.1) is 0 Å². The van der Waals surface area contributed by atoms with Gasteiger partial charge in [-0.2, -0.15) is 13.2 Å². The third kappa shape index (κ3) is 4.23. The molecule has 0 spiro atoms. The lowest BCUT2D eigenvalue weighted by Crippen LogP contribution is -2.26. The van der Waals surface area contributed by atoms with Crippen molar-refractivity contribution in [1.29, 1.82) is 0 Å². The summed E-state index contributed by atoms with van der Waals surface area (Å²) in [4.78, 5) is 13.9. The summed E-state index contributed by atoms with van der Waals surface area (Å²) in [5.74, 6) is -0.357. The van der Waals surface area contributed by atoms with Crippen LogP contribution >= 0.6 is 0 Å². The number of carbonyl (C=O) groups excluding carboxylic acids is 1. The standard InChI is InChI=1S/C18H21F3N4O/c1-24(11-13-6-5-7-14(10-13)18(19,20)21)17(26)16-12-25(23-22-16)15-8-3-2-4-9-15/h5-7,10,12,15H,2-4,8-9,11H2,1H3. The molecule has 3 rings (SSSR count). The van der Waals surface area contributed by atoms with Crippen molar-refractivity contribution in [3.63, 3.8) is 0 Å². The molecule has 8 heteroatoms. The van der Waals surface area contributed by atoms with E-state index in [2.05, 4.69) is 10.3 Å². The van der Waals surface area contributed by atoms with Crippen LogP contribution in [0.15, 0.2) is 30.5 Å². The number of carbonyl (C=O) groups is 1. The molecule has 0 unspecified atom stereocenters. The first-order valence-electron chi connectivity index (χ1n) is 8.68. The number of hydrogen-bond acceptors (Lipinski definition) is 3. The van der Waals surface area contributed by atoms with Gasteiger partial charge in [0.1, 0.15) is 0 Å². The molecule has 0 aliphatic heterocycles. The molecule has 0 radical (unpaired) electrons. The fraction of sp³-hybridized carbons (Fsp3) is 0.500. The van der Waals surface area contributed by atoms with Crippen LogP contribution in [-0.4, -0.2) is 32.8 Å². The quantitative estimate of drug-likeness (QED) is 0.819. The van der Waals surface area contributed by atoms with E-state index in [1.54, 1.807) is 24.0 Å². The fourth-order valence-electron chi connectivity index (χ4n) is 3.29. The van der Waals surface area contributed by atoms with Gasteiger partial charge in [-0.3, -0.25) is 4.79 Å². The number of hydrogen-bond donors (Lipinski definition) is 0. The van der Waals surface area contributed by atoms with E-state index in [-0.39, 0.29) is 24.2 Å². The average molecular weight is 366 g/mol. The summed E-state index contributed by atoms with van der Waals surface area (Å²) in [6.45, 7) is 0.0685. The van der Waals surface area contributed by atoms with Crippen molar-refractivity contribution in [2.45, 2.75) is 50.9 Å². The van der Waals surface area contributed by atoms with Gasteiger partial charge < -0.3 is 4.90 Å². The monoisotopic (exact) mass is 366 g/mol. The molecule has 2 aromatic rings. The Morgan fingerprint density at radius 1 is 1.27 bits per heavy atom. The maximum atomic E-state index is 12.8. The van der Waals surface area contributed by atoms with Gasteiger partial charge in [0.2, 0.25) is 0 Å². The second kappa shape index (κ2) is 7.47. The lowest BCUT2D eigenvalue weighted by atomic mass is 9.96. The molecular weight excluding hydrogens is 345 g/mol. The zero-order valence-corrected chi connectivity index (χ0v) is 14.5. The van der Waals surface area contributed by atoms with Gasteiger partial charge in [-0.1, -0.05) is 36.6 Å². The van der Waals surface area contributed by atoms with Crippen LogP contribution in [-0.2, 0) is 12.7 Å². The van der Waals surface area contributed by atoms with Crippen LogP contribution in [0.3, 0.4) is 0 Å². The van der Waals surface area contributed by atoms with E-state index in [1.165, 1.54) is 17.4 Å². The Balaban J connectivity index is 1.67. The number of nitrogens with zero attached hydrogens (tertiary/aromatic N) is 4. The predicted molar refractivity (Wildman–Crippen MR) is 89.4 cm³/mol. The molecule has 1 heterocycles. The maximum absolute atomic E-state index is 12.8. The molecule has 0 bridgehead atoms. The smallest absolute Gasteiger partial charge is 0.336 e.